The fraction of sp³-hybridized carbons (Fsp3) is 0.364. The molecule has 0 aliphatic carbocycles. The molecule has 1 nitrogen and oxygen atoms in total. The van der Waals surface area contributed by atoms with Gasteiger partial charge in [0.05, 0.1) is 7.11 Å². The van der Waals surface area contributed by atoms with Crippen LogP contribution in [0.3, 0.4) is 0 Å². The average molecular weight is 195 g/mol. The monoisotopic (exact) mass is 195 g/mol. The molecule has 2 heteroatoms. The first-order valence-corrected chi connectivity index (χ1v) is 5.27. The normalized spacial score (nSPS) is 10.5. The number of hydrogen-bond donors (Lipinski definition) is 0. The van der Waals surface area contributed by atoms with Gasteiger partial charge in [-0.1, -0.05) is 12.1 Å². The molecule has 0 aliphatic rings. The van der Waals surface area contributed by atoms with E-state index in [1.165, 1.54) is 10.8 Å². The number of benzene rings is 1. The number of ether oxygens (including phenoxy) is 1. The number of methoxy groups -OCH3 is 1. The van der Waals surface area contributed by atoms with Crippen LogP contribution >= 0.6 is 11.8 Å². The molecular formula is C11H15OS. The first-order chi connectivity index (χ1) is 6.22. The van der Waals surface area contributed by atoms with Crippen LogP contribution in [0.2, 0.25) is 0 Å². The summed E-state index contributed by atoms with van der Waals surface area (Å²) in [6.07, 6.45) is 0. The minimum Gasteiger partial charge on any atom is -0.497 e. The summed E-state index contributed by atoms with van der Waals surface area (Å²) in [5.74, 6) is 1.97. The fourth-order valence-electron chi connectivity index (χ4n) is 0.949. The van der Waals surface area contributed by atoms with Crippen molar-refractivity contribution in [2.45, 2.75) is 19.6 Å². The summed E-state index contributed by atoms with van der Waals surface area (Å²) < 4.78 is 5.08. The molecule has 1 rings (SSSR count). The molecule has 0 aliphatic heterocycles. The first-order valence-electron chi connectivity index (χ1n) is 4.28. The van der Waals surface area contributed by atoms with E-state index in [9.17, 15) is 0 Å². The van der Waals surface area contributed by atoms with Crippen LogP contribution in [-0.2, 0) is 5.75 Å². The van der Waals surface area contributed by atoms with Gasteiger partial charge in [-0.15, -0.1) is 11.8 Å². The van der Waals surface area contributed by atoms with Gasteiger partial charge in [-0.05, 0) is 31.5 Å². The van der Waals surface area contributed by atoms with Crippen molar-refractivity contribution in [2.24, 2.45) is 0 Å². The largest absolute Gasteiger partial charge is 0.497 e. The zero-order valence-corrected chi connectivity index (χ0v) is 9.15. The molecular weight excluding hydrogens is 180 g/mol. The summed E-state index contributed by atoms with van der Waals surface area (Å²) in [7, 11) is 1.69. The highest BCUT2D eigenvalue weighted by Gasteiger charge is 1.97. The lowest BCUT2D eigenvalue weighted by atomic mass is 10.2. The standard InChI is InChI=1S/C11H15OS/c1-9(2)13-8-10-4-6-11(12-3)7-5-10/h4-7H,8H2,1-3H3. The van der Waals surface area contributed by atoms with E-state index in [0.717, 1.165) is 11.5 Å². The molecule has 13 heavy (non-hydrogen) atoms. The van der Waals surface area contributed by atoms with Gasteiger partial charge in [0.1, 0.15) is 5.75 Å². The van der Waals surface area contributed by atoms with Gasteiger partial charge in [-0.2, -0.15) is 0 Å². The molecule has 0 N–H and O–H groups in total. The highest BCUT2D eigenvalue weighted by Crippen LogP contribution is 2.23. The van der Waals surface area contributed by atoms with Crippen molar-refractivity contribution in [1.82, 2.24) is 0 Å². The molecule has 0 fully saturated rings. The highest BCUT2D eigenvalue weighted by atomic mass is 32.2. The second-order valence-corrected chi connectivity index (χ2v) is 4.44. The van der Waals surface area contributed by atoms with Crippen molar-refractivity contribution in [3.8, 4) is 5.75 Å². The Morgan fingerprint density at radius 2 is 1.85 bits per heavy atom. The quantitative estimate of drug-likeness (QED) is 0.727. The lowest BCUT2D eigenvalue weighted by Gasteiger charge is -2.05. The first kappa shape index (κ1) is 10.5. The molecule has 1 radical (unpaired) electrons. The van der Waals surface area contributed by atoms with E-state index in [4.69, 9.17) is 4.74 Å². The van der Waals surface area contributed by atoms with E-state index in [0.29, 0.717) is 0 Å². The van der Waals surface area contributed by atoms with Crippen LogP contribution in [0.1, 0.15) is 19.4 Å². The Kier molecular flexibility index (Phi) is 4.16. The average Bonchev–Trinajstić information content (AvgIpc) is 2.15. The second-order valence-electron chi connectivity index (χ2n) is 3.04. The predicted octanol–water partition coefficient (Wildman–Crippen LogP) is 3.50. The molecule has 0 spiro atoms. The second kappa shape index (κ2) is 5.18. The minimum absolute atomic E-state index is 0.922. The molecule has 1 aromatic carbocycles. The Morgan fingerprint density at radius 3 is 2.31 bits per heavy atom. The fourth-order valence-corrected chi connectivity index (χ4v) is 1.60. The Balaban J connectivity index is 2.49. The molecule has 71 valence electrons. The third-order valence-electron chi connectivity index (χ3n) is 1.69. The van der Waals surface area contributed by atoms with Crippen LogP contribution in [0.4, 0.5) is 0 Å². The van der Waals surface area contributed by atoms with Gasteiger partial charge in [-0.25, -0.2) is 0 Å². The van der Waals surface area contributed by atoms with E-state index in [-0.39, 0.29) is 0 Å². The minimum atomic E-state index is 0.922. The number of hydrogen-bond acceptors (Lipinski definition) is 2. The lowest BCUT2D eigenvalue weighted by molar-refractivity contribution is 0.414. The van der Waals surface area contributed by atoms with Crippen molar-refractivity contribution in [2.75, 3.05) is 7.11 Å². The molecule has 0 atom stereocenters. The molecule has 0 bridgehead atoms. The van der Waals surface area contributed by atoms with E-state index in [1.54, 1.807) is 7.11 Å². The van der Waals surface area contributed by atoms with E-state index in [1.807, 2.05) is 23.9 Å². The molecule has 0 saturated heterocycles. The van der Waals surface area contributed by atoms with Gasteiger partial charge in [0.25, 0.3) is 0 Å². The maximum atomic E-state index is 5.08. The van der Waals surface area contributed by atoms with Gasteiger partial charge in [-0.3, -0.25) is 0 Å². The van der Waals surface area contributed by atoms with Gasteiger partial charge in [0, 0.05) is 11.0 Å². The third kappa shape index (κ3) is 3.73. The SMILES string of the molecule is COc1ccc(CS[C](C)C)cc1. The third-order valence-corrected chi connectivity index (χ3v) is 2.74. The van der Waals surface area contributed by atoms with Crippen LogP contribution < -0.4 is 4.74 Å². The van der Waals surface area contributed by atoms with Gasteiger partial charge in [0.2, 0.25) is 0 Å². The maximum Gasteiger partial charge on any atom is 0.118 e. The Hall–Kier alpha value is -0.630. The molecule has 1 aromatic rings. The van der Waals surface area contributed by atoms with Gasteiger partial charge in [0.15, 0.2) is 0 Å². The van der Waals surface area contributed by atoms with E-state index in [2.05, 4.69) is 26.0 Å². The van der Waals surface area contributed by atoms with Crippen molar-refractivity contribution >= 4 is 11.8 Å². The predicted molar refractivity (Wildman–Crippen MR) is 58.9 cm³/mol. The zero-order chi connectivity index (χ0) is 9.68. The number of rotatable bonds is 4. The summed E-state index contributed by atoms with van der Waals surface area (Å²) in [6.45, 7) is 4.27. The van der Waals surface area contributed by atoms with E-state index >= 15 is 0 Å². The van der Waals surface area contributed by atoms with Crippen molar-refractivity contribution in [3.63, 3.8) is 0 Å². The van der Waals surface area contributed by atoms with Crippen molar-refractivity contribution in [1.29, 1.82) is 0 Å². The Morgan fingerprint density at radius 1 is 1.23 bits per heavy atom. The van der Waals surface area contributed by atoms with Crippen LogP contribution in [0.15, 0.2) is 24.3 Å². The maximum absolute atomic E-state index is 5.08. The van der Waals surface area contributed by atoms with Crippen LogP contribution in [0.5, 0.6) is 5.75 Å². The Labute approximate surface area is 84.5 Å². The van der Waals surface area contributed by atoms with E-state index < -0.39 is 0 Å². The molecule has 0 amide bonds. The van der Waals surface area contributed by atoms with Gasteiger partial charge >= 0.3 is 0 Å². The lowest BCUT2D eigenvalue weighted by Crippen LogP contribution is -1.85. The summed E-state index contributed by atoms with van der Waals surface area (Å²) in [4.78, 5) is 0. The van der Waals surface area contributed by atoms with Crippen LogP contribution in [0.25, 0.3) is 0 Å². The van der Waals surface area contributed by atoms with Crippen LogP contribution in [-0.4, -0.2) is 7.11 Å². The van der Waals surface area contributed by atoms with Crippen molar-refractivity contribution < 1.29 is 4.74 Å². The summed E-state index contributed by atoms with van der Waals surface area (Å²) in [6, 6.07) is 8.21. The van der Waals surface area contributed by atoms with Crippen molar-refractivity contribution in [3.05, 3.63) is 35.1 Å². The molecule has 0 heterocycles. The zero-order valence-electron chi connectivity index (χ0n) is 8.33. The van der Waals surface area contributed by atoms with Crippen LogP contribution in [0, 0.1) is 5.25 Å². The number of thioether (sulfide) groups is 1. The van der Waals surface area contributed by atoms with Gasteiger partial charge < -0.3 is 4.74 Å². The summed E-state index contributed by atoms with van der Waals surface area (Å²) >= 11 is 1.87. The summed E-state index contributed by atoms with van der Waals surface area (Å²) in [5, 5.41) is 1.40. The highest BCUT2D eigenvalue weighted by molar-refractivity contribution is 8.01. The molecule has 0 saturated carbocycles. The topological polar surface area (TPSA) is 9.23 Å². The Bertz CT molecular complexity index is 241. The smallest absolute Gasteiger partial charge is 0.118 e. The summed E-state index contributed by atoms with van der Waals surface area (Å²) in [5.41, 5.74) is 1.34. The molecule has 0 aromatic heterocycles. The molecule has 0 unspecified atom stereocenters.